The average molecular weight is 272 g/mol. The maximum Gasteiger partial charge on any atom is 0.321 e. The third-order valence-corrected chi connectivity index (χ3v) is 3.23. The summed E-state index contributed by atoms with van der Waals surface area (Å²) in [6.07, 6.45) is 0.275. The number of rotatable bonds is 3. The first-order valence-electron chi connectivity index (χ1n) is 6.91. The molecule has 1 fully saturated rings. The van der Waals surface area contributed by atoms with Crippen LogP contribution in [0.3, 0.4) is 0 Å². The van der Waals surface area contributed by atoms with E-state index in [1.54, 1.807) is 0 Å². The zero-order valence-corrected chi connectivity index (χ0v) is 12.4. The monoisotopic (exact) mass is 272 g/mol. The van der Waals surface area contributed by atoms with E-state index in [4.69, 9.17) is 4.74 Å². The Kier molecular flexibility index (Phi) is 5.75. The van der Waals surface area contributed by atoms with E-state index in [1.165, 1.54) is 0 Å². The number of urea groups is 1. The zero-order chi connectivity index (χ0) is 14.6. The van der Waals surface area contributed by atoms with Crippen LogP contribution in [0.2, 0.25) is 0 Å². The van der Waals surface area contributed by atoms with Crippen molar-refractivity contribution >= 4 is 11.9 Å². The largest absolute Gasteiger partial charge is 0.364 e. The number of carbonyl (C=O) groups excluding carboxylic acids is 2. The molecule has 19 heavy (non-hydrogen) atoms. The number of morpholine rings is 1. The second-order valence-electron chi connectivity index (χ2n) is 5.66. The van der Waals surface area contributed by atoms with Gasteiger partial charge in [0.1, 0.15) is 25.3 Å². The summed E-state index contributed by atoms with van der Waals surface area (Å²) >= 11 is 0. The van der Waals surface area contributed by atoms with E-state index < -0.39 is 6.03 Å². The van der Waals surface area contributed by atoms with Crippen molar-refractivity contribution in [2.45, 2.75) is 58.9 Å². The topological polar surface area (TPSA) is 71.9 Å². The third-order valence-electron chi connectivity index (χ3n) is 3.23. The van der Waals surface area contributed by atoms with Gasteiger partial charge in [-0.15, -0.1) is 0 Å². The molecule has 0 bridgehead atoms. The molecule has 0 aromatic rings. The molecule has 0 aromatic heterocycles. The van der Waals surface area contributed by atoms with E-state index in [0.29, 0.717) is 0 Å². The van der Waals surface area contributed by atoms with E-state index in [0.717, 1.165) is 18.0 Å². The molecule has 6 nitrogen and oxygen atoms in total. The molecule has 3 atom stereocenters. The molecule has 0 radical (unpaired) electrons. The molecule has 3 N–H and O–H groups in total. The van der Waals surface area contributed by atoms with Crippen molar-refractivity contribution in [2.75, 3.05) is 13.1 Å². The first-order chi connectivity index (χ1) is 8.79. The molecule has 1 heterocycles. The second-order valence-corrected chi connectivity index (χ2v) is 5.66. The molecular formula is C13H26N3O3+. The molecular weight excluding hydrogens is 246 g/mol. The standard InChI is InChI=1S/C13H25N3O3/c1-8(2)14-13(18)15-12(17)11(5)16-6-9(3)19-10(4)7-16/h8-11H,6-7H2,1-5H3,(H2,14,15,17,18)/p+1/t9-,10-,11+/m1/s1. The highest BCUT2D eigenvalue weighted by Gasteiger charge is 2.33. The van der Waals surface area contributed by atoms with E-state index in [2.05, 4.69) is 10.6 Å². The third kappa shape index (κ3) is 5.16. The van der Waals surface area contributed by atoms with Crippen LogP contribution in [0.25, 0.3) is 0 Å². The average Bonchev–Trinajstić information content (AvgIpc) is 2.25. The lowest BCUT2D eigenvalue weighted by molar-refractivity contribution is -0.928. The maximum absolute atomic E-state index is 12.0. The highest BCUT2D eigenvalue weighted by atomic mass is 16.5. The molecule has 1 rings (SSSR count). The fourth-order valence-electron chi connectivity index (χ4n) is 2.37. The fourth-order valence-corrected chi connectivity index (χ4v) is 2.37. The Morgan fingerprint density at radius 2 is 1.68 bits per heavy atom. The Bertz CT molecular complexity index is 323. The van der Waals surface area contributed by atoms with Crippen molar-refractivity contribution in [1.82, 2.24) is 10.6 Å². The zero-order valence-electron chi connectivity index (χ0n) is 12.4. The molecule has 1 aliphatic heterocycles. The molecule has 1 aliphatic rings. The van der Waals surface area contributed by atoms with Crippen molar-refractivity contribution in [3.8, 4) is 0 Å². The summed E-state index contributed by atoms with van der Waals surface area (Å²) in [6, 6.07) is -0.675. The van der Waals surface area contributed by atoms with Gasteiger partial charge in [0, 0.05) is 6.04 Å². The Labute approximate surface area is 114 Å². The Morgan fingerprint density at radius 1 is 1.16 bits per heavy atom. The highest BCUT2D eigenvalue weighted by Crippen LogP contribution is 1.99. The number of nitrogens with one attached hydrogen (secondary N) is 3. The number of hydrogen-bond acceptors (Lipinski definition) is 3. The van der Waals surface area contributed by atoms with Crippen LogP contribution in [0.4, 0.5) is 4.79 Å². The summed E-state index contributed by atoms with van der Waals surface area (Å²) in [5.41, 5.74) is 0. The van der Waals surface area contributed by atoms with Crippen LogP contribution in [0.1, 0.15) is 34.6 Å². The van der Waals surface area contributed by atoms with Gasteiger partial charge in [0.15, 0.2) is 6.04 Å². The fraction of sp³-hybridized carbons (Fsp3) is 0.846. The second kappa shape index (κ2) is 6.86. The minimum atomic E-state index is -0.430. The van der Waals surface area contributed by atoms with Gasteiger partial charge in [0.2, 0.25) is 0 Å². The van der Waals surface area contributed by atoms with Gasteiger partial charge in [-0.2, -0.15) is 0 Å². The Balaban J connectivity index is 2.49. The number of carbonyl (C=O) groups is 2. The van der Waals surface area contributed by atoms with Crippen molar-refractivity contribution in [3.05, 3.63) is 0 Å². The first kappa shape index (κ1) is 15.9. The summed E-state index contributed by atoms with van der Waals surface area (Å²) in [7, 11) is 0. The molecule has 0 saturated carbocycles. The van der Waals surface area contributed by atoms with E-state index in [-0.39, 0.29) is 30.2 Å². The molecule has 0 spiro atoms. The van der Waals surface area contributed by atoms with Gasteiger partial charge in [-0.3, -0.25) is 10.1 Å². The lowest BCUT2D eigenvalue weighted by Crippen LogP contribution is -3.19. The van der Waals surface area contributed by atoms with E-state index in [9.17, 15) is 9.59 Å². The van der Waals surface area contributed by atoms with Crippen LogP contribution < -0.4 is 15.5 Å². The first-order valence-corrected chi connectivity index (χ1v) is 6.91. The predicted octanol–water partition coefficient (Wildman–Crippen LogP) is -0.699. The molecule has 0 aliphatic carbocycles. The number of quaternary nitrogens is 1. The molecule has 0 aromatic carbocycles. The number of imide groups is 1. The molecule has 3 amide bonds. The van der Waals surface area contributed by atoms with Crippen LogP contribution >= 0.6 is 0 Å². The quantitative estimate of drug-likeness (QED) is 0.636. The normalized spacial score (nSPS) is 28.8. The van der Waals surface area contributed by atoms with Crippen molar-refractivity contribution in [1.29, 1.82) is 0 Å². The number of amides is 3. The SMILES string of the molecule is CC(C)NC(=O)NC(=O)[C@H](C)[NH+]1C[C@@H](C)O[C@H](C)C1. The van der Waals surface area contributed by atoms with Gasteiger partial charge in [-0.05, 0) is 34.6 Å². The van der Waals surface area contributed by atoms with Gasteiger partial charge >= 0.3 is 6.03 Å². The Hall–Kier alpha value is -1.14. The number of ether oxygens (including phenoxy) is 1. The predicted molar refractivity (Wildman–Crippen MR) is 72.0 cm³/mol. The van der Waals surface area contributed by atoms with Gasteiger partial charge in [-0.25, -0.2) is 4.79 Å². The molecule has 0 unspecified atom stereocenters. The summed E-state index contributed by atoms with van der Waals surface area (Å²) < 4.78 is 5.65. The lowest BCUT2D eigenvalue weighted by Gasteiger charge is -2.35. The molecule has 6 heteroatoms. The number of hydrogen-bond donors (Lipinski definition) is 3. The molecule has 110 valence electrons. The summed E-state index contributed by atoms with van der Waals surface area (Å²) in [4.78, 5) is 24.7. The minimum Gasteiger partial charge on any atom is -0.364 e. The van der Waals surface area contributed by atoms with Crippen molar-refractivity contribution in [2.24, 2.45) is 0 Å². The van der Waals surface area contributed by atoms with Crippen LogP contribution in [0, 0.1) is 0 Å². The van der Waals surface area contributed by atoms with Crippen LogP contribution in [0.5, 0.6) is 0 Å². The minimum absolute atomic E-state index is 0.0129. The smallest absolute Gasteiger partial charge is 0.321 e. The Morgan fingerprint density at radius 3 is 2.16 bits per heavy atom. The lowest BCUT2D eigenvalue weighted by atomic mass is 10.1. The maximum atomic E-state index is 12.0. The van der Waals surface area contributed by atoms with E-state index in [1.807, 2.05) is 34.6 Å². The van der Waals surface area contributed by atoms with Gasteiger partial charge < -0.3 is 15.0 Å². The van der Waals surface area contributed by atoms with Crippen LogP contribution in [0.15, 0.2) is 0 Å². The van der Waals surface area contributed by atoms with Gasteiger partial charge in [0.05, 0.1) is 0 Å². The summed E-state index contributed by atoms with van der Waals surface area (Å²) in [5, 5.41) is 5.03. The van der Waals surface area contributed by atoms with Crippen molar-refractivity contribution in [3.63, 3.8) is 0 Å². The molecule has 1 saturated heterocycles. The van der Waals surface area contributed by atoms with Crippen molar-refractivity contribution < 1.29 is 19.2 Å². The van der Waals surface area contributed by atoms with Crippen LogP contribution in [-0.4, -0.2) is 49.3 Å². The summed E-state index contributed by atoms with van der Waals surface area (Å²) in [6.45, 7) is 11.1. The summed E-state index contributed by atoms with van der Waals surface area (Å²) in [5.74, 6) is -0.241. The highest BCUT2D eigenvalue weighted by molar-refractivity contribution is 5.96. The van der Waals surface area contributed by atoms with E-state index >= 15 is 0 Å². The van der Waals surface area contributed by atoms with Gasteiger partial charge in [0.25, 0.3) is 5.91 Å². The van der Waals surface area contributed by atoms with Crippen LogP contribution in [-0.2, 0) is 9.53 Å². The van der Waals surface area contributed by atoms with Gasteiger partial charge in [-0.1, -0.05) is 0 Å².